The molecule has 1 aromatic carbocycles. The average molecular weight is 1290 g/mol. The number of benzene rings is 1. The van der Waals surface area contributed by atoms with Gasteiger partial charge in [-0.05, 0) is 51.3 Å². The molecule has 0 spiro atoms. The zero-order valence-corrected chi connectivity index (χ0v) is 53.8. The third-order valence-electron chi connectivity index (χ3n) is 16.0. The van der Waals surface area contributed by atoms with Crippen molar-refractivity contribution in [2.45, 2.75) is 158 Å². The highest BCUT2D eigenvalue weighted by Gasteiger charge is 2.64. The van der Waals surface area contributed by atoms with E-state index in [2.05, 4.69) is 10.6 Å². The van der Waals surface area contributed by atoms with Crippen LogP contribution in [-0.2, 0) is 92.3 Å². The molecule has 4 bridgehead atoms. The fourth-order valence-corrected chi connectivity index (χ4v) is 12.3. The molecule has 5 heterocycles. The van der Waals surface area contributed by atoms with Gasteiger partial charge in [0.05, 0.1) is 89.8 Å². The van der Waals surface area contributed by atoms with Gasteiger partial charge in [-0.2, -0.15) is 0 Å². The summed E-state index contributed by atoms with van der Waals surface area (Å²) in [7, 11) is 5.86. The lowest BCUT2D eigenvalue weighted by atomic mass is 9.83. The quantitative estimate of drug-likeness (QED) is 0.0447. The van der Waals surface area contributed by atoms with E-state index < -0.39 is 118 Å². The first-order valence-corrected chi connectivity index (χ1v) is 30.9. The van der Waals surface area contributed by atoms with Crippen molar-refractivity contribution < 1.29 is 101 Å². The monoisotopic (exact) mass is 1290 g/mol. The maximum absolute atomic E-state index is 14.4. The number of hydrogen-bond acceptors (Lipinski definition) is 22. The number of likely N-dealkylation sites (tertiary alicyclic amines) is 1. The summed E-state index contributed by atoms with van der Waals surface area (Å²) in [5.74, 6) is -5.14. The summed E-state index contributed by atoms with van der Waals surface area (Å²) in [5.41, 5.74) is -1.26. The van der Waals surface area contributed by atoms with Crippen LogP contribution in [0.3, 0.4) is 0 Å². The minimum atomic E-state index is -1.90. The number of esters is 1. The smallest absolute Gasteiger partial charge is 0.409 e. The SMILES string of the molecule is COc1cc2cc(c1Cl)N(C)C(=O)C[C@H](OC(=O)[C@H](C)N(C)C(=O)CCC(C)(C)SC1CC(=O)N(CCC(=O)NCCOCCOCCOCCOCCC(=O)ON3C(=O)CCC3=O)C1=O)[C@]1(C)O[C@H]1[C@H](C)[C@@H]1C[C@@](O)(NC(=O)O1)[C@H](OC)/C=C/C=C(\C)C2. The van der Waals surface area contributed by atoms with Crippen LogP contribution >= 0.6 is 23.4 Å². The third-order valence-corrected chi connectivity index (χ3v) is 17.9. The van der Waals surface area contributed by atoms with E-state index in [-0.39, 0.29) is 128 Å². The number of ether oxygens (including phenoxy) is 9. The number of thioether (sulfide) groups is 1. The van der Waals surface area contributed by atoms with E-state index in [1.54, 1.807) is 38.1 Å². The van der Waals surface area contributed by atoms with Gasteiger partial charge in [0.2, 0.25) is 29.5 Å². The maximum Gasteiger partial charge on any atom is 0.409 e. The van der Waals surface area contributed by atoms with Crippen LogP contribution in [0.2, 0.25) is 5.02 Å². The minimum Gasteiger partial charge on any atom is -0.495 e. The fraction of sp³-hybridized carbons (Fsp3) is 0.667. The number of rotatable bonds is 29. The standard InChI is InChI=1S/C60H85ClN6O21S/c1-36-12-11-13-44(80-10)60(78)35-42(85-57(77)63-60)37(2)54-59(6,87-54)45(34-50(72)65(8)40-31-39(30-36)32-41(79-9)53(40)61)86-56(76)38(3)64(7)47(69)16-19-58(4,5)89-43-33-51(73)66(55(43)75)21-17-46(68)62-20-23-82-25-27-84-29-28-83-26-24-81-22-18-52(74)88-67-48(70)14-15-49(67)71/h11-13,31-32,37-38,42-45,54,78H,14-30,33-35H2,1-10H3,(H,62,68)(H,63,77)/b13-11+,36-12+/t37-,38+,42+,43?,44-,45+,54+,59+,60+/m1/s1. The summed E-state index contributed by atoms with van der Waals surface area (Å²) in [6.07, 6.45) is 0.129. The number of alkyl carbamates (subject to hydrolysis) is 1. The Morgan fingerprint density at radius 1 is 0.910 bits per heavy atom. The van der Waals surface area contributed by atoms with Gasteiger partial charge in [-0.1, -0.05) is 56.2 Å². The van der Waals surface area contributed by atoms with Crippen molar-refractivity contribution in [2.75, 3.05) is 99.2 Å². The molecule has 5 aliphatic rings. The first-order chi connectivity index (χ1) is 42.1. The number of amides is 8. The molecular weight excluding hydrogens is 1210 g/mol. The van der Waals surface area contributed by atoms with Crippen molar-refractivity contribution in [3.8, 4) is 5.75 Å². The number of epoxide rings is 1. The van der Waals surface area contributed by atoms with Gasteiger partial charge in [0.25, 0.3) is 11.8 Å². The number of imide groups is 2. The number of aliphatic hydroxyl groups is 1. The molecule has 4 saturated heterocycles. The second-order valence-electron chi connectivity index (χ2n) is 23.2. The number of anilines is 1. The molecule has 8 amide bonds. The summed E-state index contributed by atoms with van der Waals surface area (Å²) in [6, 6.07) is 2.36. The van der Waals surface area contributed by atoms with Crippen LogP contribution in [0.25, 0.3) is 0 Å². The lowest BCUT2D eigenvalue weighted by Gasteiger charge is -2.42. The Hall–Kier alpha value is -6.24. The number of nitrogens with one attached hydrogen (secondary N) is 2. The molecule has 89 heavy (non-hydrogen) atoms. The number of nitrogens with zero attached hydrogens (tertiary/aromatic N) is 4. The predicted octanol–water partition coefficient (Wildman–Crippen LogP) is 3.50. The second-order valence-corrected chi connectivity index (χ2v) is 25.5. The highest BCUT2D eigenvalue weighted by Crippen LogP contribution is 2.49. The molecule has 494 valence electrons. The normalized spacial score (nSPS) is 26.2. The fourth-order valence-electron chi connectivity index (χ4n) is 10.5. The number of hydrogen-bond donors (Lipinski definition) is 3. The average Bonchev–Trinajstić information content (AvgIpc) is 1.60. The van der Waals surface area contributed by atoms with Crippen LogP contribution in [0.15, 0.2) is 35.9 Å². The Balaban J connectivity index is 0.929. The number of carbonyl (C=O) groups excluding carboxylic acids is 10. The number of hydroxylamine groups is 2. The van der Waals surface area contributed by atoms with Gasteiger partial charge in [-0.15, -0.1) is 16.8 Å². The van der Waals surface area contributed by atoms with E-state index in [0.717, 1.165) is 16.0 Å². The largest absolute Gasteiger partial charge is 0.495 e. The van der Waals surface area contributed by atoms with Crippen LogP contribution in [-0.4, -0.2) is 225 Å². The van der Waals surface area contributed by atoms with Gasteiger partial charge in [-0.3, -0.25) is 43.8 Å². The molecule has 9 atom stereocenters. The van der Waals surface area contributed by atoms with E-state index in [4.69, 9.17) is 59.1 Å². The Labute approximate surface area is 527 Å². The molecule has 0 aliphatic carbocycles. The highest BCUT2D eigenvalue weighted by molar-refractivity contribution is 8.02. The van der Waals surface area contributed by atoms with Crippen LogP contribution in [0, 0.1) is 5.92 Å². The number of carbonyl (C=O) groups is 10. The molecule has 1 unspecified atom stereocenters. The second kappa shape index (κ2) is 32.7. The van der Waals surface area contributed by atoms with Crippen molar-refractivity contribution in [3.05, 3.63) is 46.5 Å². The predicted molar refractivity (Wildman–Crippen MR) is 320 cm³/mol. The van der Waals surface area contributed by atoms with Gasteiger partial charge < -0.3 is 67.7 Å². The van der Waals surface area contributed by atoms with Gasteiger partial charge in [0, 0.05) is 83.5 Å². The summed E-state index contributed by atoms with van der Waals surface area (Å²) < 4.78 is 50.5. The van der Waals surface area contributed by atoms with Gasteiger partial charge in [-0.25, -0.2) is 14.4 Å². The Kier molecular flexibility index (Phi) is 26.4. The summed E-state index contributed by atoms with van der Waals surface area (Å²) in [4.78, 5) is 138. The summed E-state index contributed by atoms with van der Waals surface area (Å²) >= 11 is 8.09. The first-order valence-electron chi connectivity index (χ1n) is 29.6. The molecule has 5 aliphatic heterocycles. The van der Waals surface area contributed by atoms with Gasteiger partial charge in [0.1, 0.15) is 40.7 Å². The zero-order chi connectivity index (χ0) is 65.4. The van der Waals surface area contributed by atoms with E-state index in [1.165, 1.54) is 56.8 Å². The Bertz CT molecular complexity index is 2810. The summed E-state index contributed by atoms with van der Waals surface area (Å²) in [6.45, 7) is 12.4. The highest BCUT2D eigenvalue weighted by atomic mass is 35.5. The number of fused-ring (bicyclic) bond motifs is 5. The number of methoxy groups -OCH3 is 2. The molecule has 6 rings (SSSR count). The minimum absolute atomic E-state index is 0.0151. The summed E-state index contributed by atoms with van der Waals surface area (Å²) in [5, 5.41) is 17.0. The van der Waals surface area contributed by atoms with E-state index in [0.29, 0.717) is 22.9 Å². The van der Waals surface area contributed by atoms with Crippen LogP contribution in [0.1, 0.15) is 105 Å². The lowest BCUT2D eigenvalue weighted by molar-refractivity contribution is -0.198. The molecule has 29 heteroatoms. The molecular formula is C60H85ClN6O21S. The molecule has 0 aromatic heterocycles. The molecule has 0 saturated carbocycles. The zero-order valence-electron chi connectivity index (χ0n) is 52.3. The number of allylic oxidation sites excluding steroid dienone is 3. The molecule has 3 N–H and O–H groups in total. The first kappa shape index (κ1) is 71.8. The molecule has 0 radical (unpaired) electrons. The van der Waals surface area contributed by atoms with E-state index in [9.17, 15) is 53.1 Å². The van der Waals surface area contributed by atoms with Gasteiger partial charge >= 0.3 is 18.0 Å². The van der Waals surface area contributed by atoms with Crippen molar-refractivity contribution in [1.29, 1.82) is 0 Å². The molecule has 1 aromatic rings. The maximum atomic E-state index is 14.4. The Morgan fingerprint density at radius 3 is 2.19 bits per heavy atom. The number of halogens is 1. The van der Waals surface area contributed by atoms with Crippen LogP contribution < -0.4 is 20.3 Å². The van der Waals surface area contributed by atoms with Gasteiger partial charge in [0.15, 0.2) is 5.72 Å². The van der Waals surface area contributed by atoms with E-state index >= 15 is 0 Å². The lowest BCUT2D eigenvalue weighted by Crippen LogP contribution is -2.63. The van der Waals surface area contributed by atoms with Crippen molar-refractivity contribution in [2.24, 2.45) is 5.92 Å². The van der Waals surface area contributed by atoms with Crippen molar-refractivity contribution >= 4 is 88.4 Å². The van der Waals surface area contributed by atoms with Crippen molar-refractivity contribution in [3.63, 3.8) is 0 Å². The molecule has 4 fully saturated rings. The van der Waals surface area contributed by atoms with E-state index in [1.807, 2.05) is 26.8 Å². The third kappa shape index (κ3) is 19.9. The Morgan fingerprint density at radius 2 is 1.55 bits per heavy atom. The topological polar surface area (TPSA) is 324 Å². The number of likely N-dealkylation sites (N-methyl/N-ethyl adjacent to an activating group) is 1. The van der Waals surface area contributed by atoms with Crippen LogP contribution in [0.4, 0.5) is 10.5 Å². The van der Waals surface area contributed by atoms with Crippen LogP contribution in [0.5, 0.6) is 5.75 Å². The van der Waals surface area contributed by atoms with Crippen molar-refractivity contribution in [1.82, 2.24) is 25.5 Å². The molecule has 27 nitrogen and oxygen atoms in total.